The summed E-state index contributed by atoms with van der Waals surface area (Å²) in [6.45, 7) is 7.53. The van der Waals surface area contributed by atoms with E-state index in [9.17, 15) is 8.42 Å². The molecule has 1 aliphatic heterocycles. The molecule has 118 valence electrons. The number of rotatable bonds is 6. The minimum absolute atomic E-state index is 0.231. The van der Waals surface area contributed by atoms with E-state index < -0.39 is 9.84 Å². The van der Waals surface area contributed by atoms with Gasteiger partial charge in [-0.05, 0) is 24.2 Å². The van der Waals surface area contributed by atoms with Gasteiger partial charge in [-0.2, -0.15) is 0 Å². The summed E-state index contributed by atoms with van der Waals surface area (Å²) in [4.78, 5) is 2.75. The van der Waals surface area contributed by atoms with Gasteiger partial charge >= 0.3 is 0 Å². The second kappa shape index (κ2) is 7.35. The summed E-state index contributed by atoms with van der Waals surface area (Å²) in [7, 11) is -3.11. The largest absolute Gasteiger partial charge is 0.374 e. The Morgan fingerprint density at radius 2 is 2.05 bits per heavy atom. The lowest BCUT2D eigenvalue weighted by molar-refractivity contribution is -0.0253. The third kappa shape index (κ3) is 5.07. The highest BCUT2D eigenvalue weighted by atomic mass is 32.2. The Bertz CT molecular complexity index is 543. The number of hydrogen-bond donors (Lipinski definition) is 1. The number of morpholine rings is 1. The van der Waals surface area contributed by atoms with Crippen molar-refractivity contribution in [2.24, 2.45) is 0 Å². The van der Waals surface area contributed by atoms with Crippen LogP contribution in [-0.4, -0.2) is 58.5 Å². The first-order valence-electron chi connectivity index (χ1n) is 7.32. The van der Waals surface area contributed by atoms with E-state index >= 15 is 0 Å². The molecule has 21 heavy (non-hydrogen) atoms. The van der Waals surface area contributed by atoms with Gasteiger partial charge in [-0.1, -0.05) is 19.1 Å². The van der Waals surface area contributed by atoms with E-state index in [1.807, 2.05) is 12.1 Å². The number of nitrogens with one attached hydrogen (secondary N) is 1. The van der Waals surface area contributed by atoms with E-state index in [1.165, 1.54) is 6.26 Å². The summed E-state index contributed by atoms with van der Waals surface area (Å²) < 4.78 is 28.5. The van der Waals surface area contributed by atoms with E-state index in [0.717, 1.165) is 44.9 Å². The topological polar surface area (TPSA) is 58.6 Å². The molecule has 1 aliphatic rings. The SMILES string of the molecule is CCN1CCOC(CNCc2ccc(S(C)(=O)=O)cc2)C1. The lowest BCUT2D eigenvalue weighted by Crippen LogP contribution is -2.46. The Balaban J connectivity index is 1.78. The molecule has 1 heterocycles. The number of hydrogen-bond acceptors (Lipinski definition) is 5. The monoisotopic (exact) mass is 312 g/mol. The van der Waals surface area contributed by atoms with Crippen molar-refractivity contribution in [3.05, 3.63) is 29.8 Å². The average Bonchev–Trinajstić information content (AvgIpc) is 2.47. The maximum Gasteiger partial charge on any atom is 0.175 e. The van der Waals surface area contributed by atoms with Crippen molar-refractivity contribution in [3.8, 4) is 0 Å². The van der Waals surface area contributed by atoms with E-state index in [-0.39, 0.29) is 6.10 Å². The summed E-state index contributed by atoms with van der Waals surface area (Å²) in [5, 5.41) is 3.37. The van der Waals surface area contributed by atoms with Gasteiger partial charge in [0, 0.05) is 32.4 Å². The maximum atomic E-state index is 11.4. The van der Waals surface area contributed by atoms with Crippen LogP contribution < -0.4 is 5.32 Å². The van der Waals surface area contributed by atoms with Crippen LogP contribution in [0.3, 0.4) is 0 Å². The van der Waals surface area contributed by atoms with Crippen molar-refractivity contribution in [1.29, 1.82) is 0 Å². The average molecular weight is 312 g/mol. The molecule has 0 saturated carbocycles. The lowest BCUT2D eigenvalue weighted by Gasteiger charge is -2.32. The molecule has 0 spiro atoms. The Kier molecular flexibility index (Phi) is 5.75. The van der Waals surface area contributed by atoms with Crippen molar-refractivity contribution in [2.75, 3.05) is 39.0 Å². The minimum Gasteiger partial charge on any atom is -0.374 e. The van der Waals surface area contributed by atoms with Crippen LogP contribution in [-0.2, 0) is 21.1 Å². The molecule has 1 atom stereocenters. The zero-order valence-corrected chi connectivity index (χ0v) is 13.5. The zero-order chi connectivity index (χ0) is 15.3. The number of sulfone groups is 1. The summed E-state index contributed by atoms with van der Waals surface area (Å²) in [5.41, 5.74) is 1.07. The molecule has 0 radical (unpaired) electrons. The normalized spacial score (nSPS) is 20.6. The van der Waals surface area contributed by atoms with Crippen molar-refractivity contribution >= 4 is 9.84 Å². The fourth-order valence-corrected chi connectivity index (χ4v) is 3.05. The van der Waals surface area contributed by atoms with Gasteiger partial charge in [0.05, 0.1) is 17.6 Å². The predicted octanol–water partition coefficient (Wildman–Crippen LogP) is 0.900. The first kappa shape index (κ1) is 16.4. The summed E-state index contributed by atoms with van der Waals surface area (Å²) >= 11 is 0. The maximum absolute atomic E-state index is 11.4. The Hall–Kier alpha value is -0.950. The van der Waals surface area contributed by atoms with Crippen molar-refractivity contribution in [2.45, 2.75) is 24.5 Å². The molecule has 1 saturated heterocycles. The standard InChI is InChI=1S/C15H24N2O3S/c1-3-17-8-9-20-14(12-17)11-16-10-13-4-6-15(7-5-13)21(2,18)19/h4-7,14,16H,3,8-12H2,1-2H3. The Morgan fingerprint density at radius 3 is 2.67 bits per heavy atom. The second-order valence-corrected chi connectivity index (χ2v) is 7.45. The molecule has 2 rings (SSSR count). The second-order valence-electron chi connectivity index (χ2n) is 5.43. The van der Waals surface area contributed by atoms with Crippen LogP contribution in [0.4, 0.5) is 0 Å². The highest BCUT2D eigenvalue weighted by Crippen LogP contribution is 2.10. The van der Waals surface area contributed by atoms with Gasteiger partial charge in [-0.15, -0.1) is 0 Å². The van der Waals surface area contributed by atoms with Gasteiger partial charge in [0.25, 0.3) is 0 Å². The zero-order valence-electron chi connectivity index (χ0n) is 12.7. The molecule has 1 fully saturated rings. The van der Waals surface area contributed by atoms with Gasteiger partial charge < -0.3 is 10.1 Å². The van der Waals surface area contributed by atoms with Crippen LogP contribution in [0.5, 0.6) is 0 Å². The third-order valence-corrected chi connectivity index (χ3v) is 4.85. The Morgan fingerprint density at radius 1 is 1.33 bits per heavy atom. The predicted molar refractivity (Wildman–Crippen MR) is 83.1 cm³/mol. The van der Waals surface area contributed by atoms with E-state index in [2.05, 4.69) is 17.1 Å². The van der Waals surface area contributed by atoms with Crippen LogP contribution in [0.1, 0.15) is 12.5 Å². The van der Waals surface area contributed by atoms with Gasteiger partial charge in [0.1, 0.15) is 0 Å². The highest BCUT2D eigenvalue weighted by Gasteiger charge is 2.18. The molecule has 0 aromatic heterocycles. The molecule has 1 aromatic rings. The fraction of sp³-hybridized carbons (Fsp3) is 0.600. The van der Waals surface area contributed by atoms with Crippen molar-refractivity contribution in [3.63, 3.8) is 0 Å². The van der Waals surface area contributed by atoms with Crippen LogP contribution in [0.2, 0.25) is 0 Å². The Labute approximate surface area is 127 Å². The first-order chi connectivity index (χ1) is 9.99. The fourth-order valence-electron chi connectivity index (χ4n) is 2.42. The molecule has 0 bridgehead atoms. The van der Waals surface area contributed by atoms with Gasteiger partial charge in [0.15, 0.2) is 9.84 Å². The smallest absolute Gasteiger partial charge is 0.175 e. The molecular weight excluding hydrogens is 288 g/mol. The van der Waals surface area contributed by atoms with E-state index in [1.54, 1.807) is 12.1 Å². The number of nitrogens with zero attached hydrogens (tertiary/aromatic N) is 1. The molecule has 0 aliphatic carbocycles. The summed E-state index contributed by atoms with van der Waals surface area (Å²) in [6.07, 6.45) is 1.45. The molecule has 1 N–H and O–H groups in total. The van der Waals surface area contributed by atoms with Crippen molar-refractivity contribution < 1.29 is 13.2 Å². The van der Waals surface area contributed by atoms with Gasteiger partial charge in [-0.25, -0.2) is 8.42 Å². The minimum atomic E-state index is -3.11. The lowest BCUT2D eigenvalue weighted by atomic mass is 10.2. The molecule has 5 nitrogen and oxygen atoms in total. The summed E-state index contributed by atoms with van der Waals surface area (Å²) in [5.74, 6) is 0. The van der Waals surface area contributed by atoms with Gasteiger partial charge in [0.2, 0.25) is 0 Å². The van der Waals surface area contributed by atoms with Crippen molar-refractivity contribution in [1.82, 2.24) is 10.2 Å². The van der Waals surface area contributed by atoms with Crippen LogP contribution in [0.15, 0.2) is 29.2 Å². The molecule has 1 aromatic carbocycles. The van der Waals surface area contributed by atoms with Crippen LogP contribution >= 0.6 is 0 Å². The number of benzene rings is 1. The molecular formula is C15H24N2O3S. The van der Waals surface area contributed by atoms with Gasteiger partial charge in [-0.3, -0.25) is 4.90 Å². The third-order valence-electron chi connectivity index (χ3n) is 3.72. The molecule has 1 unspecified atom stereocenters. The van der Waals surface area contributed by atoms with E-state index in [4.69, 9.17) is 4.74 Å². The first-order valence-corrected chi connectivity index (χ1v) is 9.22. The molecule has 0 amide bonds. The number of ether oxygens (including phenoxy) is 1. The highest BCUT2D eigenvalue weighted by molar-refractivity contribution is 7.90. The quantitative estimate of drug-likeness (QED) is 0.846. The molecule has 6 heteroatoms. The summed E-state index contributed by atoms with van der Waals surface area (Å²) in [6, 6.07) is 7.01. The van der Waals surface area contributed by atoms with Crippen LogP contribution in [0.25, 0.3) is 0 Å². The van der Waals surface area contributed by atoms with Crippen LogP contribution in [0, 0.1) is 0 Å². The number of likely N-dealkylation sites (N-methyl/N-ethyl adjacent to an activating group) is 1. The van der Waals surface area contributed by atoms with E-state index in [0.29, 0.717) is 4.90 Å².